The number of hydrogen-bond acceptors (Lipinski definition) is 5. The highest BCUT2D eigenvalue weighted by atomic mass is 35.5. The number of amides is 1. The molecule has 1 aromatic heterocycles. The number of nitrogens with zero attached hydrogens (tertiary/aromatic N) is 1. The summed E-state index contributed by atoms with van der Waals surface area (Å²) in [4.78, 5) is 17.0. The number of aryl methyl sites for hydroxylation is 1. The number of hydrogen-bond donors (Lipinski definition) is 1. The number of rotatable bonds is 7. The number of nitrogens with one attached hydrogen (secondary N) is 1. The van der Waals surface area contributed by atoms with Gasteiger partial charge in [-0.3, -0.25) is 10.1 Å². The fourth-order valence-corrected chi connectivity index (χ4v) is 4.23. The first-order valence-electron chi connectivity index (χ1n) is 10.00. The second kappa shape index (κ2) is 9.14. The van der Waals surface area contributed by atoms with Crippen molar-refractivity contribution in [3.63, 3.8) is 0 Å². The molecular weight excluding hydrogens is 448 g/mol. The number of oxazole rings is 1. The van der Waals surface area contributed by atoms with E-state index in [2.05, 4.69) is 10.3 Å². The zero-order valence-corrected chi connectivity index (χ0v) is 18.9. The maximum atomic E-state index is 12.4. The number of anilines is 1. The summed E-state index contributed by atoms with van der Waals surface area (Å²) in [6.07, 6.45) is 2.66. The molecule has 0 saturated heterocycles. The number of sulfone groups is 1. The van der Waals surface area contributed by atoms with Crippen LogP contribution < -0.4 is 5.32 Å². The Labute approximate surface area is 191 Å². The lowest BCUT2D eigenvalue weighted by molar-refractivity contribution is -0.116. The molecule has 0 bridgehead atoms. The predicted octanol–water partition coefficient (Wildman–Crippen LogP) is 5.05. The fourth-order valence-electron chi connectivity index (χ4n) is 3.43. The van der Waals surface area contributed by atoms with Gasteiger partial charge in [0, 0.05) is 17.7 Å². The van der Waals surface area contributed by atoms with E-state index in [0.29, 0.717) is 33.9 Å². The third-order valence-electron chi connectivity index (χ3n) is 5.08. The van der Waals surface area contributed by atoms with E-state index in [-0.39, 0.29) is 18.3 Å². The lowest BCUT2D eigenvalue weighted by atomic mass is 9.97. The van der Waals surface area contributed by atoms with E-state index < -0.39 is 9.84 Å². The maximum Gasteiger partial charge on any atom is 0.302 e. The van der Waals surface area contributed by atoms with E-state index in [1.807, 2.05) is 36.4 Å². The summed E-state index contributed by atoms with van der Waals surface area (Å²) in [6.45, 7) is 0. The number of aromatic nitrogens is 1. The molecule has 4 rings (SSSR count). The number of carbonyl (C=O) groups excluding carboxylic acids is 1. The second-order valence-corrected chi connectivity index (χ2v) is 9.99. The van der Waals surface area contributed by atoms with Gasteiger partial charge in [-0.15, -0.1) is 0 Å². The number of carbonyl (C=O) groups is 1. The molecule has 32 heavy (non-hydrogen) atoms. The molecule has 0 saturated carbocycles. The molecule has 8 heteroatoms. The van der Waals surface area contributed by atoms with Crippen molar-refractivity contribution in [2.75, 3.05) is 11.6 Å². The van der Waals surface area contributed by atoms with E-state index in [0.717, 1.165) is 16.7 Å². The van der Waals surface area contributed by atoms with Gasteiger partial charge in [-0.25, -0.2) is 8.42 Å². The van der Waals surface area contributed by atoms with Gasteiger partial charge >= 0.3 is 6.01 Å². The van der Waals surface area contributed by atoms with Crippen molar-refractivity contribution in [3.8, 4) is 0 Å². The van der Waals surface area contributed by atoms with Crippen molar-refractivity contribution in [1.29, 1.82) is 0 Å². The van der Waals surface area contributed by atoms with Crippen LogP contribution in [0.15, 0.2) is 76.0 Å². The molecule has 0 aliphatic heterocycles. The van der Waals surface area contributed by atoms with Gasteiger partial charge in [0.2, 0.25) is 5.91 Å². The monoisotopic (exact) mass is 468 g/mol. The molecule has 1 N–H and O–H groups in total. The van der Waals surface area contributed by atoms with Gasteiger partial charge in [0.25, 0.3) is 0 Å². The lowest BCUT2D eigenvalue weighted by Gasteiger charge is -2.10. The summed E-state index contributed by atoms with van der Waals surface area (Å²) in [5.74, 6) is -0.199. The van der Waals surface area contributed by atoms with Crippen molar-refractivity contribution in [3.05, 3.63) is 88.4 Å². The SMILES string of the molecule is CS(=O)(=O)c1ccc(Cc2ccccc2CCC(=O)Nc2nc3cc(Cl)ccc3o2)cc1. The first-order chi connectivity index (χ1) is 15.3. The van der Waals surface area contributed by atoms with Gasteiger partial charge in [0.1, 0.15) is 5.52 Å². The first kappa shape index (κ1) is 22.0. The molecule has 1 amide bonds. The summed E-state index contributed by atoms with van der Waals surface area (Å²) >= 11 is 5.96. The Bertz CT molecular complexity index is 1380. The highest BCUT2D eigenvalue weighted by Crippen LogP contribution is 2.23. The lowest BCUT2D eigenvalue weighted by Crippen LogP contribution is -2.13. The molecule has 0 atom stereocenters. The molecule has 1 heterocycles. The molecule has 6 nitrogen and oxygen atoms in total. The zero-order chi connectivity index (χ0) is 22.7. The van der Waals surface area contributed by atoms with E-state index in [9.17, 15) is 13.2 Å². The second-order valence-electron chi connectivity index (χ2n) is 7.54. The molecule has 0 radical (unpaired) electrons. The maximum absolute atomic E-state index is 12.4. The molecule has 0 aliphatic rings. The molecule has 4 aromatic rings. The fraction of sp³-hybridized carbons (Fsp3) is 0.167. The largest absolute Gasteiger partial charge is 0.423 e. The van der Waals surface area contributed by atoms with Crippen LogP contribution in [0.3, 0.4) is 0 Å². The van der Waals surface area contributed by atoms with Crippen molar-refractivity contribution in [2.45, 2.75) is 24.2 Å². The Balaban J connectivity index is 1.40. The van der Waals surface area contributed by atoms with Gasteiger partial charge in [0.05, 0.1) is 4.90 Å². The molecule has 0 aliphatic carbocycles. The van der Waals surface area contributed by atoms with Gasteiger partial charge < -0.3 is 4.42 Å². The smallest absolute Gasteiger partial charge is 0.302 e. The summed E-state index contributed by atoms with van der Waals surface area (Å²) in [7, 11) is -3.22. The number of fused-ring (bicyclic) bond motifs is 1. The quantitative estimate of drug-likeness (QED) is 0.410. The summed E-state index contributed by atoms with van der Waals surface area (Å²) in [5, 5.41) is 3.24. The standard InChI is InChI=1S/C24H21ClN2O4S/c1-32(29,30)20-10-6-16(7-11-20)14-18-5-3-2-4-17(18)8-13-23(28)27-24-26-21-15-19(25)9-12-22(21)31-24/h2-7,9-12,15H,8,13-14H2,1H3,(H,26,27,28). The summed E-state index contributed by atoms with van der Waals surface area (Å²) in [6, 6.07) is 20.0. The average Bonchev–Trinajstić information content (AvgIpc) is 3.14. The van der Waals surface area contributed by atoms with E-state index >= 15 is 0 Å². The Hall–Kier alpha value is -3.16. The van der Waals surface area contributed by atoms with Crippen LogP contribution in [-0.2, 0) is 27.5 Å². The molecule has 0 spiro atoms. The van der Waals surface area contributed by atoms with Crippen molar-refractivity contribution >= 4 is 44.5 Å². The normalized spacial score (nSPS) is 11.6. The van der Waals surface area contributed by atoms with Crippen molar-refractivity contribution < 1.29 is 17.6 Å². The topological polar surface area (TPSA) is 89.3 Å². The van der Waals surface area contributed by atoms with Crippen LogP contribution in [0.25, 0.3) is 11.1 Å². The number of benzene rings is 3. The number of halogens is 1. The van der Waals surface area contributed by atoms with Gasteiger partial charge in [0.15, 0.2) is 15.4 Å². The Morgan fingerprint density at radius 1 is 1.03 bits per heavy atom. The van der Waals surface area contributed by atoms with Crippen LogP contribution in [0, 0.1) is 0 Å². The Morgan fingerprint density at radius 3 is 2.47 bits per heavy atom. The Kier molecular flexibility index (Phi) is 6.30. The van der Waals surface area contributed by atoms with Crippen LogP contribution in [0.2, 0.25) is 5.02 Å². The highest BCUT2D eigenvalue weighted by molar-refractivity contribution is 7.90. The molecule has 0 unspecified atom stereocenters. The zero-order valence-electron chi connectivity index (χ0n) is 17.3. The van der Waals surface area contributed by atoms with E-state index in [1.54, 1.807) is 30.3 Å². The minimum absolute atomic E-state index is 0.145. The van der Waals surface area contributed by atoms with Crippen molar-refractivity contribution in [1.82, 2.24) is 4.98 Å². The third kappa shape index (κ3) is 5.36. The van der Waals surface area contributed by atoms with E-state index in [1.165, 1.54) is 6.26 Å². The third-order valence-corrected chi connectivity index (χ3v) is 6.45. The predicted molar refractivity (Wildman–Crippen MR) is 125 cm³/mol. The van der Waals surface area contributed by atoms with Crippen LogP contribution in [0.4, 0.5) is 6.01 Å². The van der Waals surface area contributed by atoms with Gasteiger partial charge in [-0.05, 0) is 59.9 Å². The average molecular weight is 469 g/mol. The first-order valence-corrected chi connectivity index (χ1v) is 12.3. The molecule has 3 aromatic carbocycles. The van der Waals surface area contributed by atoms with Gasteiger partial charge in [-0.1, -0.05) is 48.0 Å². The van der Waals surface area contributed by atoms with Crippen LogP contribution in [-0.4, -0.2) is 25.6 Å². The van der Waals surface area contributed by atoms with Crippen LogP contribution >= 0.6 is 11.6 Å². The summed E-state index contributed by atoms with van der Waals surface area (Å²) < 4.78 is 28.8. The molecule has 164 valence electrons. The van der Waals surface area contributed by atoms with Crippen LogP contribution in [0.5, 0.6) is 0 Å². The van der Waals surface area contributed by atoms with Crippen LogP contribution in [0.1, 0.15) is 23.1 Å². The van der Waals surface area contributed by atoms with E-state index in [4.69, 9.17) is 16.0 Å². The van der Waals surface area contributed by atoms with Gasteiger partial charge in [-0.2, -0.15) is 4.98 Å². The van der Waals surface area contributed by atoms with Crippen molar-refractivity contribution in [2.24, 2.45) is 0 Å². The minimum Gasteiger partial charge on any atom is -0.423 e. The Morgan fingerprint density at radius 2 is 1.75 bits per heavy atom. The highest BCUT2D eigenvalue weighted by Gasteiger charge is 2.12. The minimum atomic E-state index is -3.22. The molecular formula is C24H21ClN2O4S. The summed E-state index contributed by atoms with van der Waals surface area (Å²) in [5.41, 5.74) is 4.28. The molecule has 0 fully saturated rings.